The quantitative estimate of drug-likeness (QED) is 0.524. The van der Waals surface area contributed by atoms with Crippen LogP contribution in [0.15, 0.2) is 36.3 Å². The molecule has 3 heterocycles. The van der Waals surface area contributed by atoms with Gasteiger partial charge in [0.1, 0.15) is 17.2 Å². The number of aliphatic hydroxyl groups excluding tert-OH is 1. The number of carbonyl (C=O) groups is 1. The molecule has 1 atom stereocenters. The predicted octanol–water partition coefficient (Wildman–Crippen LogP) is 1.28. The second kappa shape index (κ2) is 7.86. The van der Waals surface area contributed by atoms with E-state index in [-0.39, 0.29) is 24.1 Å². The van der Waals surface area contributed by atoms with Crippen molar-refractivity contribution in [3.05, 3.63) is 41.9 Å². The molecule has 10 nitrogen and oxygen atoms in total. The summed E-state index contributed by atoms with van der Waals surface area (Å²) in [7, 11) is 3.50. The summed E-state index contributed by atoms with van der Waals surface area (Å²) < 4.78 is 6.96. The molecule has 1 amide bonds. The SMILES string of the molecule is CNc1cc(NC2=CC=CN(C3CC(OC)C3)C2O)nc2c(C(=O)NC3CC3)cnn12. The van der Waals surface area contributed by atoms with Gasteiger partial charge in [0.15, 0.2) is 11.9 Å². The number of nitrogens with one attached hydrogen (secondary N) is 3. The number of rotatable bonds is 7. The Balaban J connectivity index is 1.39. The standard InChI is InChI=1S/C21H27N7O3/c1-22-18-10-17(26-19-15(11-23-28(18)19)20(29)24-12-5-6-12)25-16-4-3-7-27(21(16)30)13-8-14(9-13)31-2/h3-4,7,10-14,21-22,30H,5-6,8-9H2,1-2H3,(H,24,29)(H,25,26). The van der Waals surface area contributed by atoms with Crippen LogP contribution in [0.25, 0.3) is 5.65 Å². The highest BCUT2D eigenvalue weighted by atomic mass is 16.5. The zero-order valence-electron chi connectivity index (χ0n) is 17.6. The molecule has 164 valence electrons. The molecule has 0 saturated heterocycles. The van der Waals surface area contributed by atoms with E-state index in [1.165, 1.54) is 6.20 Å². The van der Waals surface area contributed by atoms with Gasteiger partial charge in [-0.25, -0.2) is 4.98 Å². The summed E-state index contributed by atoms with van der Waals surface area (Å²) in [4.78, 5) is 19.2. The van der Waals surface area contributed by atoms with Gasteiger partial charge >= 0.3 is 0 Å². The largest absolute Gasteiger partial charge is 0.381 e. The van der Waals surface area contributed by atoms with Crippen molar-refractivity contribution in [2.45, 2.75) is 50.1 Å². The first-order valence-corrected chi connectivity index (χ1v) is 10.6. The van der Waals surface area contributed by atoms with Gasteiger partial charge in [-0.3, -0.25) is 4.79 Å². The van der Waals surface area contributed by atoms with Crippen LogP contribution < -0.4 is 16.0 Å². The van der Waals surface area contributed by atoms with Crippen LogP contribution in [0, 0.1) is 0 Å². The molecule has 2 saturated carbocycles. The number of carbonyl (C=O) groups excluding carboxylic acids is 1. The first-order valence-electron chi connectivity index (χ1n) is 10.6. The molecule has 2 aliphatic carbocycles. The van der Waals surface area contributed by atoms with E-state index in [2.05, 4.69) is 26.0 Å². The van der Waals surface area contributed by atoms with Crippen LogP contribution in [0.4, 0.5) is 11.6 Å². The number of fused-ring (bicyclic) bond motifs is 1. The molecular weight excluding hydrogens is 398 g/mol. The average molecular weight is 425 g/mol. The van der Waals surface area contributed by atoms with E-state index >= 15 is 0 Å². The van der Waals surface area contributed by atoms with E-state index in [9.17, 15) is 9.90 Å². The number of hydrogen-bond acceptors (Lipinski definition) is 8. The maximum absolute atomic E-state index is 12.6. The molecule has 10 heteroatoms. The first-order chi connectivity index (χ1) is 15.1. The molecule has 5 rings (SSSR count). The molecule has 2 aromatic heterocycles. The zero-order valence-corrected chi connectivity index (χ0v) is 17.6. The molecule has 3 aliphatic rings. The monoisotopic (exact) mass is 425 g/mol. The van der Waals surface area contributed by atoms with Crippen molar-refractivity contribution < 1.29 is 14.6 Å². The minimum Gasteiger partial charge on any atom is -0.381 e. The number of ether oxygens (including phenoxy) is 1. The number of aliphatic hydroxyl groups is 1. The Bertz CT molecular complexity index is 1050. The average Bonchev–Trinajstić information content (AvgIpc) is 3.44. The summed E-state index contributed by atoms with van der Waals surface area (Å²) in [6.07, 6.45) is 10.4. The summed E-state index contributed by atoms with van der Waals surface area (Å²) >= 11 is 0. The highest BCUT2D eigenvalue weighted by molar-refractivity contribution is 6.00. The van der Waals surface area contributed by atoms with Gasteiger partial charge in [0.05, 0.1) is 18.0 Å². The van der Waals surface area contributed by atoms with E-state index < -0.39 is 6.23 Å². The molecule has 0 spiro atoms. The smallest absolute Gasteiger partial charge is 0.256 e. The van der Waals surface area contributed by atoms with Gasteiger partial charge in [0.25, 0.3) is 5.91 Å². The molecule has 0 aromatic carbocycles. The third-order valence-electron chi connectivity index (χ3n) is 6.08. The maximum atomic E-state index is 12.6. The first kappa shape index (κ1) is 19.8. The number of hydrogen-bond donors (Lipinski definition) is 4. The van der Waals surface area contributed by atoms with Gasteiger partial charge in [0, 0.05) is 38.5 Å². The van der Waals surface area contributed by atoms with E-state index in [0.717, 1.165) is 25.7 Å². The van der Waals surface area contributed by atoms with Gasteiger partial charge < -0.3 is 30.7 Å². The van der Waals surface area contributed by atoms with Crippen molar-refractivity contribution >= 4 is 23.2 Å². The lowest BCUT2D eigenvalue weighted by Crippen LogP contribution is -2.51. The zero-order chi connectivity index (χ0) is 21.5. The van der Waals surface area contributed by atoms with Crippen LogP contribution in [-0.4, -0.2) is 69.1 Å². The van der Waals surface area contributed by atoms with Crippen molar-refractivity contribution in [2.75, 3.05) is 24.8 Å². The Labute approximate surface area is 180 Å². The highest BCUT2D eigenvalue weighted by Crippen LogP contribution is 2.32. The van der Waals surface area contributed by atoms with E-state index in [4.69, 9.17) is 4.74 Å². The number of anilines is 2. The van der Waals surface area contributed by atoms with E-state index in [1.54, 1.807) is 24.7 Å². The number of aromatic nitrogens is 3. The van der Waals surface area contributed by atoms with E-state index in [0.29, 0.717) is 28.5 Å². The van der Waals surface area contributed by atoms with Gasteiger partial charge in [-0.1, -0.05) is 0 Å². The van der Waals surface area contributed by atoms with Crippen LogP contribution in [0.1, 0.15) is 36.0 Å². The molecular formula is C21H27N7O3. The van der Waals surface area contributed by atoms with Crippen molar-refractivity contribution in [1.82, 2.24) is 24.8 Å². The van der Waals surface area contributed by atoms with Crippen molar-refractivity contribution in [1.29, 1.82) is 0 Å². The minimum atomic E-state index is -0.814. The Hall–Kier alpha value is -3.11. The summed E-state index contributed by atoms with van der Waals surface area (Å²) in [5.74, 6) is 1.02. The van der Waals surface area contributed by atoms with Crippen LogP contribution in [0.5, 0.6) is 0 Å². The van der Waals surface area contributed by atoms with Crippen LogP contribution in [0.2, 0.25) is 0 Å². The Morgan fingerprint density at radius 1 is 1.32 bits per heavy atom. The van der Waals surface area contributed by atoms with E-state index in [1.807, 2.05) is 23.3 Å². The topological polar surface area (TPSA) is 116 Å². The van der Waals surface area contributed by atoms with Gasteiger partial charge in [-0.05, 0) is 37.8 Å². The number of methoxy groups -OCH3 is 1. The fourth-order valence-corrected chi connectivity index (χ4v) is 3.98. The number of nitrogens with zero attached hydrogens (tertiary/aromatic N) is 4. The predicted molar refractivity (Wildman–Crippen MR) is 116 cm³/mol. The minimum absolute atomic E-state index is 0.173. The summed E-state index contributed by atoms with van der Waals surface area (Å²) in [5, 5.41) is 24.5. The Morgan fingerprint density at radius 2 is 2.13 bits per heavy atom. The lowest BCUT2D eigenvalue weighted by molar-refractivity contribution is -0.0568. The van der Waals surface area contributed by atoms with Gasteiger partial charge in [-0.15, -0.1) is 0 Å². The molecule has 31 heavy (non-hydrogen) atoms. The third kappa shape index (κ3) is 3.72. The number of allylic oxidation sites excluding steroid dienone is 2. The normalized spacial score (nSPS) is 25.2. The summed E-state index contributed by atoms with van der Waals surface area (Å²) in [5.41, 5.74) is 1.49. The summed E-state index contributed by atoms with van der Waals surface area (Å²) in [6.45, 7) is 0. The molecule has 2 aromatic rings. The van der Waals surface area contributed by atoms with Crippen LogP contribution >= 0.6 is 0 Å². The molecule has 1 unspecified atom stereocenters. The molecule has 4 N–H and O–H groups in total. The summed E-state index contributed by atoms with van der Waals surface area (Å²) in [6, 6.07) is 2.28. The molecule has 2 fully saturated rings. The molecule has 1 aliphatic heterocycles. The van der Waals surface area contributed by atoms with Crippen molar-refractivity contribution in [2.24, 2.45) is 0 Å². The lowest BCUT2D eigenvalue weighted by Gasteiger charge is -2.45. The second-order valence-electron chi connectivity index (χ2n) is 8.21. The van der Waals surface area contributed by atoms with Crippen molar-refractivity contribution in [3.8, 4) is 0 Å². The fourth-order valence-electron chi connectivity index (χ4n) is 3.98. The van der Waals surface area contributed by atoms with Gasteiger partial charge in [0.2, 0.25) is 0 Å². The lowest BCUT2D eigenvalue weighted by atomic mass is 9.87. The van der Waals surface area contributed by atoms with Crippen molar-refractivity contribution in [3.63, 3.8) is 0 Å². The number of amides is 1. The second-order valence-corrected chi connectivity index (χ2v) is 8.21. The highest BCUT2D eigenvalue weighted by Gasteiger charge is 2.37. The molecule has 0 radical (unpaired) electrons. The fraction of sp³-hybridized carbons (Fsp3) is 0.476. The molecule has 0 bridgehead atoms. The maximum Gasteiger partial charge on any atom is 0.256 e. The Kier molecular flexibility index (Phi) is 5.03. The van der Waals surface area contributed by atoms with Gasteiger partial charge in [-0.2, -0.15) is 9.61 Å². The third-order valence-corrected chi connectivity index (χ3v) is 6.08. The van der Waals surface area contributed by atoms with Crippen LogP contribution in [0.3, 0.4) is 0 Å². The van der Waals surface area contributed by atoms with Crippen LogP contribution in [-0.2, 0) is 4.74 Å². The Morgan fingerprint density at radius 3 is 2.84 bits per heavy atom.